The van der Waals surface area contributed by atoms with E-state index in [1.54, 1.807) is 17.0 Å². The van der Waals surface area contributed by atoms with E-state index < -0.39 is 0 Å². The highest BCUT2D eigenvalue weighted by Gasteiger charge is 2.37. The standard InChI is InChI=1S/C25H26ClN11O2/c1-39-25(38)36-13-18(14-36)34-4-6-35(7-5-34)20-9-15(10-27)8-19(21(20)26)31-24-32-22(30-16-2-3-16)23-29-12-17(11-28)37(23)33-24/h8-9,12,16,18H,2-7,13-14H2,1H3,(H2,30,31,32,33). The van der Waals surface area contributed by atoms with Crippen molar-refractivity contribution in [1.29, 1.82) is 10.5 Å². The monoisotopic (exact) mass is 547 g/mol. The van der Waals surface area contributed by atoms with Crippen molar-refractivity contribution >= 4 is 46.5 Å². The Hall–Kier alpha value is -4.33. The number of rotatable bonds is 6. The molecule has 13 nitrogen and oxygen atoms in total. The van der Waals surface area contributed by atoms with E-state index in [0.717, 1.165) is 44.7 Å². The van der Waals surface area contributed by atoms with Crippen molar-refractivity contribution < 1.29 is 9.53 Å². The number of imidazole rings is 1. The Morgan fingerprint density at radius 2 is 1.92 bits per heavy atom. The van der Waals surface area contributed by atoms with Crippen LogP contribution in [0.4, 0.5) is 27.9 Å². The van der Waals surface area contributed by atoms with Gasteiger partial charge in [-0.25, -0.2) is 9.78 Å². The number of piperazine rings is 1. The molecule has 2 saturated heterocycles. The number of amides is 1. The fourth-order valence-corrected chi connectivity index (χ4v) is 5.21. The highest BCUT2D eigenvalue weighted by atomic mass is 35.5. The number of aromatic nitrogens is 4. The molecule has 39 heavy (non-hydrogen) atoms. The summed E-state index contributed by atoms with van der Waals surface area (Å²) in [6, 6.07) is 8.41. The fourth-order valence-electron chi connectivity index (χ4n) is 4.94. The summed E-state index contributed by atoms with van der Waals surface area (Å²) < 4.78 is 6.24. The molecule has 1 amide bonds. The Morgan fingerprint density at radius 3 is 2.59 bits per heavy atom. The number of nitriles is 2. The molecule has 0 spiro atoms. The smallest absolute Gasteiger partial charge is 0.409 e. The Labute approximate surface area is 229 Å². The molecule has 3 aliphatic rings. The van der Waals surface area contributed by atoms with Crippen molar-refractivity contribution in [1.82, 2.24) is 29.4 Å². The van der Waals surface area contributed by atoms with E-state index in [2.05, 4.69) is 47.6 Å². The van der Waals surface area contributed by atoms with Gasteiger partial charge in [0.25, 0.3) is 0 Å². The first-order valence-electron chi connectivity index (χ1n) is 12.7. The van der Waals surface area contributed by atoms with Crippen LogP contribution in [-0.2, 0) is 4.74 Å². The van der Waals surface area contributed by atoms with Crippen LogP contribution in [0.1, 0.15) is 24.1 Å². The van der Waals surface area contributed by atoms with Gasteiger partial charge in [-0.05, 0) is 25.0 Å². The van der Waals surface area contributed by atoms with Gasteiger partial charge in [0.05, 0.1) is 41.3 Å². The molecule has 2 aliphatic heterocycles. The average Bonchev–Trinajstić information content (AvgIpc) is 3.65. The van der Waals surface area contributed by atoms with Gasteiger partial charge in [0.15, 0.2) is 17.2 Å². The molecule has 6 rings (SSSR count). The maximum absolute atomic E-state index is 11.7. The first kappa shape index (κ1) is 25.0. The summed E-state index contributed by atoms with van der Waals surface area (Å²) >= 11 is 6.89. The van der Waals surface area contributed by atoms with Gasteiger partial charge in [0.1, 0.15) is 6.07 Å². The number of benzene rings is 1. The molecule has 2 N–H and O–H groups in total. The van der Waals surface area contributed by atoms with Crippen LogP contribution in [0.25, 0.3) is 5.65 Å². The van der Waals surface area contributed by atoms with Crippen LogP contribution in [0.5, 0.6) is 0 Å². The lowest BCUT2D eigenvalue weighted by Crippen LogP contribution is -2.64. The number of halogens is 1. The van der Waals surface area contributed by atoms with Crippen LogP contribution in [0.15, 0.2) is 18.3 Å². The fraction of sp³-hybridized carbons (Fsp3) is 0.440. The summed E-state index contributed by atoms with van der Waals surface area (Å²) in [6.07, 6.45) is 3.26. The number of nitrogens with zero attached hydrogens (tertiary/aromatic N) is 9. The molecule has 2 aromatic heterocycles. The third-order valence-electron chi connectivity index (χ3n) is 7.29. The number of hydrogen-bond donors (Lipinski definition) is 2. The zero-order valence-corrected chi connectivity index (χ0v) is 22.0. The first-order chi connectivity index (χ1) is 19.0. The van der Waals surface area contributed by atoms with Crippen molar-refractivity contribution in [2.24, 2.45) is 0 Å². The molecule has 3 fully saturated rings. The third kappa shape index (κ3) is 4.82. The van der Waals surface area contributed by atoms with Crippen molar-refractivity contribution in [2.45, 2.75) is 24.9 Å². The SMILES string of the molecule is COC(=O)N1CC(N2CCN(c3cc(C#N)cc(Nc4nc(NC5CC5)c5ncc(C#N)n5n4)c3Cl)CC2)C1. The van der Waals surface area contributed by atoms with Crippen molar-refractivity contribution in [3.8, 4) is 12.1 Å². The van der Waals surface area contributed by atoms with Gasteiger partial charge < -0.3 is 25.2 Å². The lowest BCUT2D eigenvalue weighted by Gasteiger charge is -2.47. The second-order valence-electron chi connectivity index (χ2n) is 9.84. The van der Waals surface area contributed by atoms with E-state index in [1.165, 1.54) is 17.8 Å². The number of hydrogen-bond acceptors (Lipinski definition) is 11. The average molecular weight is 548 g/mol. The van der Waals surface area contributed by atoms with Crippen LogP contribution in [0, 0.1) is 22.7 Å². The molecule has 1 aliphatic carbocycles. The third-order valence-corrected chi connectivity index (χ3v) is 7.69. The van der Waals surface area contributed by atoms with Gasteiger partial charge in [0, 0.05) is 51.4 Å². The molecule has 3 aromatic rings. The lowest BCUT2D eigenvalue weighted by molar-refractivity contribution is 0.0269. The summed E-state index contributed by atoms with van der Waals surface area (Å²) in [7, 11) is 1.40. The number of nitrogens with one attached hydrogen (secondary N) is 2. The van der Waals surface area contributed by atoms with Gasteiger partial charge in [0.2, 0.25) is 5.95 Å². The summed E-state index contributed by atoms with van der Waals surface area (Å²) in [6.45, 7) is 4.39. The molecule has 0 unspecified atom stereocenters. The Bertz CT molecular complexity index is 1510. The molecule has 14 heteroatoms. The number of anilines is 4. The van der Waals surface area contributed by atoms with Gasteiger partial charge in [-0.1, -0.05) is 11.6 Å². The van der Waals surface area contributed by atoms with E-state index in [-0.39, 0.29) is 17.7 Å². The van der Waals surface area contributed by atoms with E-state index in [1.807, 2.05) is 0 Å². The van der Waals surface area contributed by atoms with Crippen LogP contribution in [0.3, 0.4) is 0 Å². The van der Waals surface area contributed by atoms with Crippen molar-refractivity contribution in [3.63, 3.8) is 0 Å². The molecule has 0 radical (unpaired) electrons. The Morgan fingerprint density at radius 1 is 1.15 bits per heavy atom. The van der Waals surface area contributed by atoms with E-state index in [0.29, 0.717) is 52.9 Å². The lowest BCUT2D eigenvalue weighted by atomic mass is 10.1. The summed E-state index contributed by atoms with van der Waals surface area (Å²) in [4.78, 5) is 26.8. The van der Waals surface area contributed by atoms with E-state index in [4.69, 9.17) is 16.3 Å². The van der Waals surface area contributed by atoms with Crippen LogP contribution < -0.4 is 15.5 Å². The molecule has 200 valence electrons. The number of methoxy groups -OCH3 is 1. The Kier molecular flexibility index (Phi) is 6.46. The number of ether oxygens (including phenoxy) is 1. The topological polar surface area (TPSA) is 151 Å². The van der Waals surface area contributed by atoms with Gasteiger partial charge >= 0.3 is 6.09 Å². The predicted octanol–water partition coefficient (Wildman–Crippen LogP) is 2.41. The molecule has 0 bridgehead atoms. The second-order valence-corrected chi connectivity index (χ2v) is 10.2. The highest BCUT2D eigenvalue weighted by Crippen LogP contribution is 2.37. The maximum Gasteiger partial charge on any atom is 0.409 e. The van der Waals surface area contributed by atoms with Crippen LogP contribution >= 0.6 is 11.6 Å². The molecule has 1 saturated carbocycles. The van der Waals surface area contributed by atoms with Gasteiger partial charge in [-0.3, -0.25) is 4.90 Å². The van der Waals surface area contributed by atoms with Crippen LogP contribution in [0.2, 0.25) is 5.02 Å². The maximum atomic E-state index is 11.7. The minimum Gasteiger partial charge on any atom is -0.453 e. The molecule has 0 atom stereocenters. The molecule has 4 heterocycles. The normalized spacial score (nSPS) is 17.8. The molecule has 1 aromatic carbocycles. The van der Waals surface area contributed by atoms with Gasteiger partial charge in [-0.2, -0.15) is 20.0 Å². The highest BCUT2D eigenvalue weighted by molar-refractivity contribution is 6.36. The van der Waals surface area contributed by atoms with Gasteiger partial charge in [-0.15, -0.1) is 5.10 Å². The number of carbonyl (C=O) groups is 1. The summed E-state index contributed by atoms with van der Waals surface area (Å²) in [5.41, 5.74) is 2.45. The zero-order valence-electron chi connectivity index (χ0n) is 21.3. The Balaban J connectivity index is 1.22. The summed E-state index contributed by atoms with van der Waals surface area (Å²) in [5, 5.41) is 30.7. The predicted molar refractivity (Wildman–Crippen MR) is 143 cm³/mol. The number of carbonyl (C=O) groups excluding carboxylic acids is 1. The van der Waals surface area contributed by atoms with E-state index in [9.17, 15) is 15.3 Å². The molecular weight excluding hydrogens is 522 g/mol. The number of likely N-dealkylation sites (tertiary alicyclic amines) is 1. The quantitative estimate of drug-likeness (QED) is 0.468. The van der Waals surface area contributed by atoms with Crippen molar-refractivity contribution in [3.05, 3.63) is 34.6 Å². The second kappa shape index (κ2) is 10.1. The minimum atomic E-state index is -0.291. The largest absolute Gasteiger partial charge is 0.453 e. The van der Waals surface area contributed by atoms with Crippen molar-refractivity contribution in [2.75, 3.05) is 61.9 Å². The van der Waals surface area contributed by atoms with Crippen LogP contribution in [-0.4, -0.2) is 93.9 Å². The minimum absolute atomic E-state index is 0.230. The zero-order chi connectivity index (χ0) is 27.1. The van der Waals surface area contributed by atoms with E-state index >= 15 is 0 Å². The molecular formula is C25H26ClN11O2. The first-order valence-corrected chi connectivity index (χ1v) is 13.1. The summed E-state index contributed by atoms with van der Waals surface area (Å²) in [5.74, 6) is 0.759. The number of fused-ring (bicyclic) bond motifs is 1.